The molecule has 72 valence electrons. The predicted octanol–water partition coefficient (Wildman–Crippen LogP) is -0.216. The summed E-state index contributed by atoms with van der Waals surface area (Å²) >= 11 is 0. The Bertz CT molecular complexity index is 240. The number of carbonyl (C=O) groups is 2. The number of aliphatic carboxylic acids is 1. The van der Waals surface area contributed by atoms with Gasteiger partial charge in [-0.3, -0.25) is 4.79 Å². The molecule has 3 N–H and O–H groups in total. The second kappa shape index (κ2) is 6.98. The molecular weight excluding hydrogens is 172 g/mol. The number of urea groups is 1. The molecule has 0 aliphatic carbocycles. The van der Waals surface area contributed by atoms with Gasteiger partial charge in [-0.15, -0.1) is 5.92 Å². The van der Waals surface area contributed by atoms with Crippen molar-refractivity contribution in [3.8, 4) is 11.8 Å². The number of hydrogen-bond acceptors (Lipinski definition) is 2. The average molecular weight is 184 g/mol. The standard InChI is InChI=1S/C8H12N2O3/c1-2-3-5-9-8(13)10-6-4-7(11)12/h4-6H2,1H3,(H,11,12)(H2,9,10,13). The van der Waals surface area contributed by atoms with E-state index in [-0.39, 0.29) is 19.5 Å². The monoisotopic (exact) mass is 184 g/mol. The molecule has 2 amide bonds. The number of amides is 2. The summed E-state index contributed by atoms with van der Waals surface area (Å²) in [5.74, 6) is 4.31. The summed E-state index contributed by atoms with van der Waals surface area (Å²) < 4.78 is 0. The molecule has 0 aliphatic heterocycles. The largest absolute Gasteiger partial charge is 0.481 e. The molecule has 0 aromatic rings. The molecule has 0 unspecified atom stereocenters. The maximum atomic E-state index is 10.8. The van der Waals surface area contributed by atoms with E-state index < -0.39 is 12.0 Å². The van der Waals surface area contributed by atoms with Crippen LogP contribution in [0.3, 0.4) is 0 Å². The summed E-state index contributed by atoms with van der Waals surface area (Å²) in [6.45, 7) is 2.07. The summed E-state index contributed by atoms with van der Waals surface area (Å²) in [6.07, 6.45) is -0.0765. The van der Waals surface area contributed by atoms with Crippen molar-refractivity contribution in [3.63, 3.8) is 0 Å². The summed E-state index contributed by atoms with van der Waals surface area (Å²) in [6, 6.07) is -0.399. The highest BCUT2D eigenvalue weighted by molar-refractivity contribution is 5.75. The van der Waals surface area contributed by atoms with Crippen LogP contribution in [-0.2, 0) is 4.79 Å². The highest BCUT2D eigenvalue weighted by Crippen LogP contribution is 1.74. The van der Waals surface area contributed by atoms with Crippen molar-refractivity contribution in [3.05, 3.63) is 0 Å². The van der Waals surface area contributed by atoms with E-state index in [1.165, 1.54) is 0 Å². The van der Waals surface area contributed by atoms with Crippen LogP contribution in [0.15, 0.2) is 0 Å². The first-order chi connectivity index (χ1) is 6.16. The molecule has 0 aromatic carbocycles. The van der Waals surface area contributed by atoms with E-state index in [9.17, 15) is 9.59 Å². The van der Waals surface area contributed by atoms with E-state index >= 15 is 0 Å². The van der Waals surface area contributed by atoms with Gasteiger partial charge in [0.15, 0.2) is 0 Å². The van der Waals surface area contributed by atoms with Crippen LogP contribution in [0.25, 0.3) is 0 Å². The lowest BCUT2D eigenvalue weighted by Crippen LogP contribution is -2.36. The van der Waals surface area contributed by atoms with Crippen LogP contribution in [0.5, 0.6) is 0 Å². The molecule has 0 bridgehead atoms. The third kappa shape index (κ3) is 8.20. The zero-order valence-electron chi connectivity index (χ0n) is 7.39. The summed E-state index contributed by atoms with van der Waals surface area (Å²) in [5, 5.41) is 13.1. The molecule has 0 aromatic heterocycles. The van der Waals surface area contributed by atoms with Gasteiger partial charge >= 0.3 is 12.0 Å². The molecule has 0 aliphatic rings. The zero-order chi connectivity index (χ0) is 10.1. The maximum absolute atomic E-state index is 10.8. The lowest BCUT2D eigenvalue weighted by molar-refractivity contribution is -0.136. The Kier molecular flexibility index (Phi) is 6.06. The van der Waals surface area contributed by atoms with Gasteiger partial charge in [-0.2, -0.15) is 0 Å². The molecule has 0 spiro atoms. The van der Waals surface area contributed by atoms with E-state index in [2.05, 4.69) is 22.5 Å². The first-order valence-electron chi connectivity index (χ1n) is 3.80. The van der Waals surface area contributed by atoms with E-state index in [0.29, 0.717) is 0 Å². The van der Waals surface area contributed by atoms with Crippen LogP contribution in [0, 0.1) is 11.8 Å². The van der Waals surface area contributed by atoms with Crippen LogP contribution in [0.4, 0.5) is 4.79 Å². The van der Waals surface area contributed by atoms with E-state index in [1.54, 1.807) is 6.92 Å². The van der Waals surface area contributed by atoms with Crippen molar-refractivity contribution in [2.45, 2.75) is 13.3 Å². The molecule has 5 nitrogen and oxygen atoms in total. The number of nitrogens with one attached hydrogen (secondary N) is 2. The third-order valence-corrected chi connectivity index (χ3v) is 1.14. The second-order valence-electron chi connectivity index (χ2n) is 2.18. The Hall–Kier alpha value is -1.70. The fraction of sp³-hybridized carbons (Fsp3) is 0.500. The molecule has 0 radical (unpaired) electrons. The molecule has 13 heavy (non-hydrogen) atoms. The van der Waals surface area contributed by atoms with Crippen molar-refractivity contribution in [2.24, 2.45) is 0 Å². The third-order valence-electron chi connectivity index (χ3n) is 1.14. The van der Waals surface area contributed by atoms with Gasteiger partial charge in [0.2, 0.25) is 0 Å². The molecular formula is C8H12N2O3. The smallest absolute Gasteiger partial charge is 0.315 e. The minimum Gasteiger partial charge on any atom is -0.481 e. The Morgan fingerprint density at radius 3 is 2.62 bits per heavy atom. The molecule has 0 saturated carbocycles. The fourth-order valence-corrected chi connectivity index (χ4v) is 0.558. The van der Waals surface area contributed by atoms with Crippen LogP contribution in [0.2, 0.25) is 0 Å². The van der Waals surface area contributed by atoms with Crippen LogP contribution in [-0.4, -0.2) is 30.2 Å². The van der Waals surface area contributed by atoms with Gasteiger partial charge in [0.05, 0.1) is 13.0 Å². The first kappa shape index (κ1) is 11.3. The Balaban J connectivity index is 3.39. The van der Waals surface area contributed by atoms with Gasteiger partial charge in [0.25, 0.3) is 0 Å². The number of hydrogen-bond donors (Lipinski definition) is 3. The van der Waals surface area contributed by atoms with E-state index in [0.717, 1.165) is 0 Å². The minimum absolute atomic E-state index is 0.0765. The van der Waals surface area contributed by atoms with Gasteiger partial charge < -0.3 is 15.7 Å². The Morgan fingerprint density at radius 1 is 1.38 bits per heavy atom. The molecule has 0 fully saturated rings. The lowest BCUT2D eigenvalue weighted by Gasteiger charge is -2.02. The van der Waals surface area contributed by atoms with Crippen LogP contribution < -0.4 is 10.6 Å². The molecule has 0 heterocycles. The highest BCUT2D eigenvalue weighted by atomic mass is 16.4. The highest BCUT2D eigenvalue weighted by Gasteiger charge is 1.99. The average Bonchev–Trinajstić information content (AvgIpc) is 2.04. The van der Waals surface area contributed by atoms with E-state index in [4.69, 9.17) is 5.11 Å². The number of rotatable bonds is 4. The quantitative estimate of drug-likeness (QED) is 0.529. The second-order valence-corrected chi connectivity index (χ2v) is 2.18. The van der Waals surface area contributed by atoms with E-state index in [1.807, 2.05) is 0 Å². The molecule has 0 rings (SSSR count). The van der Waals surface area contributed by atoms with Gasteiger partial charge in [0, 0.05) is 6.54 Å². The first-order valence-corrected chi connectivity index (χ1v) is 3.80. The number of carboxylic acid groups (broad SMARTS) is 1. The van der Waals surface area contributed by atoms with Crippen molar-refractivity contribution in [1.82, 2.24) is 10.6 Å². The van der Waals surface area contributed by atoms with Crippen molar-refractivity contribution in [2.75, 3.05) is 13.1 Å². The Labute approximate surface area is 76.5 Å². The number of carbonyl (C=O) groups excluding carboxylic acids is 1. The van der Waals surface area contributed by atoms with Gasteiger partial charge in [-0.05, 0) is 6.92 Å². The van der Waals surface area contributed by atoms with Crippen molar-refractivity contribution < 1.29 is 14.7 Å². The van der Waals surface area contributed by atoms with Crippen molar-refractivity contribution >= 4 is 12.0 Å². The minimum atomic E-state index is -0.936. The van der Waals surface area contributed by atoms with Gasteiger partial charge in [-0.1, -0.05) is 5.92 Å². The molecule has 5 heteroatoms. The lowest BCUT2D eigenvalue weighted by atomic mass is 10.4. The fourth-order valence-electron chi connectivity index (χ4n) is 0.558. The normalized spacial score (nSPS) is 8.08. The summed E-state index contributed by atoms with van der Waals surface area (Å²) in [7, 11) is 0. The van der Waals surface area contributed by atoms with Gasteiger partial charge in [-0.25, -0.2) is 4.79 Å². The van der Waals surface area contributed by atoms with Crippen LogP contribution >= 0.6 is 0 Å². The summed E-state index contributed by atoms with van der Waals surface area (Å²) in [4.78, 5) is 20.9. The predicted molar refractivity (Wildman–Crippen MR) is 47.1 cm³/mol. The van der Waals surface area contributed by atoms with Crippen molar-refractivity contribution in [1.29, 1.82) is 0 Å². The number of carboxylic acids is 1. The SMILES string of the molecule is CC#CCNC(=O)NCCC(=O)O. The molecule has 0 saturated heterocycles. The Morgan fingerprint density at radius 2 is 2.08 bits per heavy atom. The summed E-state index contributed by atoms with van der Waals surface area (Å²) in [5.41, 5.74) is 0. The topological polar surface area (TPSA) is 78.4 Å². The van der Waals surface area contributed by atoms with Gasteiger partial charge in [0.1, 0.15) is 0 Å². The zero-order valence-corrected chi connectivity index (χ0v) is 7.39. The maximum Gasteiger partial charge on any atom is 0.315 e. The van der Waals surface area contributed by atoms with Crippen LogP contribution in [0.1, 0.15) is 13.3 Å². The molecule has 0 atom stereocenters.